The molecule has 6 nitrogen and oxygen atoms in total. The minimum Gasteiger partial charge on any atom is -0.280 e. The predicted octanol–water partition coefficient (Wildman–Crippen LogP) is -1.61. The summed E-state index contributed by atoms with van der Waals surface area (Å²) in [5.41, 5.74) is 1.38. The summed E-state index contributed by atoms with van der Waals surface area (Å²) >= 11 is 0. The highest BCUT2D eigenvalue weighted by atomic mass is 32.2. The molecule has 23 heavy (non-hydrogen) atoms. The molecule has 0 fully saturated rings. The van der Waals surface area contributed by atoms with Crippen LogP contribution in [0.3, 0.4) is 0 Å². The molecule has 2 aromatic rings. The summed E-state index contributed by atoms with van der Waals surface area (Å²) in [6, 6.07) is 11.2. The predicted molar refractivity (Wildman–Crippen MR) is 82.2 cm³/mol. The van der Waals surface area contributed by atoms with Crippen LogP contribution in [0.2, 0.25) is 0 Å². The molecule has 116 valence electrons. The second-order valence-electron chi connectivity index (χ2n) is 5.19. The number of anilines is 1. The van der Waals surface area contributed by atoms with Crippen molar-refractivity contribution < 1.29 is 23.0 Å². The Bertz CT molecular complexity index is 1060. The maximum Gasteiger partial charge on any atom is 0.458 e. The molecular weight excluding hydrogens is 316 g/mol. The van der Waals surface area contributed by atoms with Gasteiger partial charge >= 0.3 is 5.91 Å². The second-order valence-corrected chi connectivity index (χ2v) is 6.87. The van der Waals surface area contributed by atoms with Crippen molar-refractivity contribution in [1.82, 2.24) is 0 Å². The van der Waals surface area contributed by atoms with E-state index in [2.05, 4.69) is 9.71 Å². The van der Waals surface area contributed by atoms with Gasteiger partial charge < -0.3 is 0 Å². The number of ketones is 1. The number of amides is 1. The van der Waals surface area contributed by atoms with E-state index in [9.17, 15) is 18.0 Å². The molecular formula is C16H13N2O4S+. The van der Waals surface area contributed by atoms with Gasteiger partial charge in [-0.1, -0.05) is 12.1 Å². The van der Waals surface area contributed by atoms with E-state index in [1.54, 1.807) is 18.2 Å². The molecule has 0 aliphatic carbocycles. The minimum absolute atomic E-state index is 0.0120. The number of fused-ring (bicyclic) bond motifs is 1. The quantitative estimate of drug-likeness (QED) is 0.662. The first-order valence-electron chi connectivity index (χ1n) is 6.79. The average molecular weight is 329 g/mol. The van der Waals surface area contributed by atoms with Gasteiger partial charge in [0.1, 0.15) is 0 Å². The first kappa shape index (κ1) is 15.1. The van der Waals surface area contributed by atoms with E-state index >= 15 is 0 Å². The van der Waals surface area contributed by atoms with Crippen LogP contribution in [0.4, 0.5) is 5.69 Å². The van der Waals surface area contributed by atoms with E-state index < -0.39 is 21.7 Å². The van der Waals surface area contributed by atoms with Gasteiger partial charge in [0.25, 0.3) is 15.8 Å². The van der Waals surface area contributed by atoms with Gasteiger partial charge in [0.2, 0.25) is 5.36 Å². The fourth-order valence-corrected chi connectivity index (χ4v) is 3.34. The van der Waals surface area contributed by atoms with E-state index in [0.29, 0.717) is 16.3 Å². The summed E-state index contributed by atoms with van der Waals surface area (Å²) in [7, 11) is -3.79. The van der Waals surface area contributed by atoms with Crippen molar-refractivity contribution in [3.8, 4) is 0 Å². The lowest BCUT2D eigenvalue weighted by molar-refractivity contribution is -0.412. The molecule has 0 saturated heterocycles. The van der Waals surface area contributed by atoms with Crippen LogP contribution < -0.4 is 20.3 Å². The maximum atomic E-state index is 12.4. The second kappa shape index (κ2) is 5.44. The van der Waals surface area contributed by atoms with Crippen molar-refractivity contribution in [2.75, 3.05) is 4.72 Å². The number of rotatable bonds is 3. The van der Waals surface area contributed by atoms with Gasteiger partial charge in [-0.2, -0.15) is 4.99 Å². The van der Waals surface area contributed by atoms with Crippen LogP contribution in [0.15, 0.2) is 47.4 Å². The van der Waals surface area contributed by atoms with Crippen LogP contribution >= 0.6 is 0 Å². The third-order valence-corrected chi connectivity index (χ3v) is 4.74. The summed E-state index contributed by atoms with van der Waals surface area (Å²) in [5.74, 6) is -1.44. The summed E-state index contributed by atoms with van der Waals surface area (Å²) in [5, 5.41) is 0.769. The lowest BCUT2D eigenvalue weighted by Gasteiger charge is -2.08. The molecule has 0 spiro atoms. The number of benzene rings is 2. The molecule has 1 aliphatic heterocycles. The fraction of sp³-hybridized carbons (Fsp3) is 0.0625. The molecule has 2 N–H and O–H groups in total. The zero-order valence-electron chi connectivity index (χ0n) is 12.2. The Morgan fingerprint density at radius 2 is 1.83 bits per heavy atom. The third kappa shape index (κ3) is 3.04. The van der Waals surface area contributed by atoms with Crippen molar-refractivity contribution in [2.45, 2.75) is 11.8 Å². The molecule has 2 aromatic carbocycles. The number of nitrogens with one attached hydrogen (secondary N) is 2. The molecule has 1 amide bonds. The van der Waals surface area contributed by atoms with Crippen molar-refractivity contribution >= 4 is 33.5 Å². The van der Waals surface area contributed by atoms with Crippen molar-refractivity contribution in [2.24, 2.45) is 0 Å². The lowest BCUT2D eigenvalue weighted by atomic mass is 10.2. The first-order valence-corrected chi connectivity index (χ1v) is 8.27. The number of hydrogen-bond acceptors (Lipinski definition) is 4. The molecule has 0 radical (unpaired) electrons. The van der Waals surface area contributed by atoms with Crippen LogP contribution in [0.5, 0.6) is 0 Å². The molecule has 0 aromatic heterocycles. The van der Waals surface area contributed by atoms with E-state index in [1.807, 2.05) is 13.0 Å². The smallest absolute Gasteiger partial charge is 0.280 e. The van der Waals surface area contributed by atoms with Crippen LogP contribution in [0.1, 0.15) is 5.56 Å². The molecule has 7 heteroatoms. The molecule has 3 rings (SSSR count). The maximum absolute atomic E-state index is 12.4. The molecule has 0 bridgehead atoms. The van der Waals surface area contributed by atoms with Crippen LogP contribution in [-0.4, -0.2) is 20.1 Å². The highest BCUT2D eigenvalue weighted by Crippen LogP contribution is 2.15. The summed E-state index contributed by atoms with van der Waals surface area (Å²) < 4.78 is 27.4. The summed E-state index contributed by atoms with van der Waals surface area (Å²) in [6.07, 6.45) is 1.12. The number of aryl methyl sites for hydroxylation is 1. The van der Waals surface area contributed by atoms with Crippen LogP contribution in [0.25, 0.3) is 6.08 Å². The standard InChI is InChI=1S/C16H12N2O4S/c1-10-3-2-4-12(7-10)18-23(21,22)13-5-6-14-11(8-13)9-15(19)16(20)17-14/h2-9,18H,1H3/p+1. The molecule has 1 heterocycles. The fourth-order valence-electron chi connectivity index (χ4n) is 2.25. The normalized spacial score (nSPS) is 13.8. The zero-order valence-corrected chi connectivity index (χ0v) is 13.0. The van der Waals surface area contributed by atoms with Gasteiger partial charge in [-0.05, 0) is 36.8 Å². The number of carbonyl (C=O) groups excluding carboxylic acids is 2. The summed E-state index contributed by atoms with van der Waals surface area (Å²) in [4.78, 5) is 25.1. The van der Waals surface area contributed by atoms with Gasteiger partial charge in [-0.3, -0.25) is 9.52 Å². The van der Waals surface area contributed by atoms with Gasteiger partial charge in [0, 0.05) is 17.8 Å². The average Bonchev–Trinajstić information content (AvgIpc) is 2.47. The Morgan fingerprint density at radius 1 is 1.04 bits per heavy atom. The van der Waals surface area contributed by atoms with E-state index in [4.69, 9.17) is 0 Å². The van der Waals surface area contributed by atoms with E-state index in [-0.39, 0.29) is 4.90 Å². The number of Topliss-reactive ketones (excluding diaryl/α,β-unsaturated/α-hetero) is 1. The van der Waals surface area contributed by atoms with Gasteiger partial charge in [-0.15, -0.1) is 0 Å². The van der Waals surface area contributed by atoms with Crippen molar-refractivity contribution in [1.29, 1.82) is 0 Å². The molecule has 0 unspecified atom stereocenters. The molecule has 1 aliphatic rings. The van der Waals surface area contributed by atoms with Crippen molar-refractivity contribution in [3.05, 3.63) is 58.6 Å². The summed E-state index contributed by atoms with van der Waals surface area (Å²) in [6.45, 7) is 1.86. The Balaban J connectivity index is 2.04. The Labute approximate surface area is 132 Å². The van der Waals surface area contributed by atoms with Crippen LogP contribution in [0, 0.1) is 6.92 Å². The SMILES string of the molecule is Cc1cccc(NS(=O)(=O)c2ccc3c(c2)=CC(=O)C(=O)[NH+]=3)c1. The number of hydrogen-bond donors (Lipinski definition) is 2. The number of sulfonamides is 1. The number of carbonyl (C=O) groups is 2. The van der Waals surface area contributed by atoms with Gasteiger partial charge in [-0.25, -0.2) is 13.2 Å². The Hall–Kier alpha value is -2.80. The monoisotopic (exact) mass is 329 g/mol. The highest BCUT2D eigenvalue weighted by molar-refractivity contribution is 7.92. The molecule has 0 atom stereocenters. The minimum atomic E-state index is -3.79. The van der Waals surface area contributed by atoms with Gasteiger partial charge in [0.15, 0.2) is 0 Å². The van der Waals surface area contributed by atoms with Crippen molar-refractivity contribution in [3.63, 3.8) is 0 Å². The Morgan fingerprint density at radius 3 is 2.57 bits per heavy atom. The zero-order chi connectivity index (χ0) is 16.6. The van der Waals surface area contributed by atoms with Gasteiger partial charge in [0.05, 0.1) is 10.1 Å². The highest BCUT2D eigenvalue weighted by Gasteiger charge is 2.22. The molecule has 0 saturated carbocycles. The topological polar surface area (TPSA) is 94.3 Å². The Kier molecular flexibility index (Phi) is 3.57. The van der Waals surface area contributed by atoms with E-state index in [1.165, 1.54) is 18.2 Å². The first-order chi connectivity index (χ1) is 10.8. The lowest BCUT2D eigenvalue weighted by Crippen LogP contribution is -2.86. The third-order valence-electron chi connectivity index (χ3n) is 3.36. The van der Waals surface area contributed by atoms with Crippen LogP contribution in [-0.2, 0) is 19.6 Å². The largest absolute Gasteiger partial charge is 0.458 e. The van der Waals surface area contributed by atoms with E-state index in [0.717, 1.165) is 11.6 Å².